The van der Waals surface area contributed by atoms with Crippen LogP contribution in [0.25, 0.3) is 0 Å². The number of hydrogen-bond acceptors (Lipinski definition) is 3. The van der Waals surface area contributed by atoms with E-state index in [0.717, 1.165) is 44.5 Å². The Morgan fingerprint density at radius 3 is 2.50 bits per heavy atom. The monoisotopic (exact) mass is 428 g/mol. The van der Waals surface area contributed by atoms with Crippen LogP contribution in [0.5, 0.6) is 0 Å². The summed E-state index contributed by atoms with van der Waals surface area (Å²) in [6, 6.07) is 5.79. The number of benzene rings is 1. The molecular formula is C21H32Cl2N4O. The van der Waals surface area contributed by atoms with Crippen molar-refractivity contribution in [3.05, 3.63) is 28.2 Å². The first-order valence-electron chi connectivity index (χ1n) is 11.1. The third-order valence-electron chi connectivity index (χ3n) is 5.74. The van der Waals surface area contributed by atoms with Crippen LogP contribution < -0.4 is 10.2 Å². The molecule has 0 spiro atoms. The van der Waals surface area contributed by atoms with Crippen molar-refractivity contribution >= 4 is 34.9 Å². The molecule has 1 aromatic rings. The van der Waals surface area contributed by atoms with Gasteiger partial charge < -0.3 is 15.1 Å². The molecule has 0 bridgehead atoms. The van der Waals surface area contributed by atoms with E-state index in [1.807, 2.05) is 17.0 Å². The highest BCUT2D eigenvalue weighted by atomic mass is 35.5. The summed E-state index contributed by atoms with van der Waals surface area (Å²) in [6.07, 6.45) is 4.29. The van der Waals surface area contributed by atoms with Crippen molar-refractivity contribution < 1.29 is 7.54 Å². The Morgan fingerprint density at radius 1 is 1.18 bits per heavy atom. The fourth-order valence-electron chi connectivity index (χ4n) is 3.91. The van der Waals surface area contributed by atoms with Gasteiger partial charge in [-0.2, -0.15) is 0 Å². The predicted molar refractivity (Wildman–Crippen MR) is 118 cm³/mol. The third-order valence-corrected chi connectivity index (χ3v) is 6.54. The Labute approximate surface area is 181 Å². The maximum Gasteiger partial charge on any atom is 0.317 e. The summed E-state index contributed by atoms with van der Waals surface area (Å²) in [7, 11) is 3.49. The number of hydrogen-bond donors (Lipinski definition) is 1. The van der Waals surface area contributed by atoms with Crippen LogP contribution in [0.4, 0.5) is 10.5 Å². The maximum absolute atomic E-state index is 11.8. The normalized spacial score (nSPS) is 25.1. The number of halogens is 2. The number of anilines is 1. The lowest BCUT2D eigenvalue weighted by Gasteiger charge is -2.37. The zero-order valence-corrected chi connectivity index (χ0v) is 18.3. The van der Waals surface area contributed by atoms with Crippen molar-refractivity contribution in [3.8, 4) is 0 Å². The molecule has 2 fully saturated rings. The molecule has 1 aliphatic carbocycles. The van der Waals surface area contributed by atoms with E-state index >= 15 is 0 Å². The first kappa shape index (κ1) is 18.8. The van der Waals surface area contributed by atoms with Gasteiger partial charge in [0.05, 0.1) is 15.7 Å². The molecule has 28 heavy (non-hydrogen) atoms. The summed E-state index contributed by atoms with van der Waals surface area (Å²) in [6.45, 7) is 1.44. The van der Waals surface area contributed by atoms with E-state index in [2.05, 4.69) is 10.2 Å². The molecule has 1 saturated carbocycles. The lowest BCUT2D eigenvalue weighted by Crippen LogP contribution is -2.47. The van der Waals surface area contributed by atoms with Crippen LogP contribution in [0, 0.1) is 5.92 Å². The quantitative estimate of drug-likeness (QED) is 0.757. The fourth-order valence-corrected chi connectivity index (χ4v) is 4.33. The van der Waals surface area contributed by atoms with Gasteiger partial charge in [-0.3, -0.25) is 4.90 Å². The minimum Gasteiger partial charge on any atom is -0.368 e. The van der Waals surface area contributed by atoms with Crippen LogP contribution >= 0.6 is 23.2 Å². The molecule has 2 amide bonds. The summed E-state index contributed by atoms with van der Waals surface area (Å²) in [4.78, 5) is 17.5. The van der Waals surface area contributed by atoms with Gasteiger partial charge in [0.25, 0.3) is 0 Å². The summed E-state index contributed by atoms with van der Waals surface area (Å²) in [5.41, 5.74) is 0.919. The van der Waals surface area contributed by atoms with E-state index in [4.69, 9.17) is 25.9 Å². The fraction of sp³-hybridized carbons (Fsp3) is 0.667. The second kappa shape index (κ2) is 10.0. The highest BCUT2D eigenvalue weighted by molar-refractivity contribution is 6.43. The summed E-state index contributed by atoms with van der Waals surface area (Å²) >= 11 is 12.5. The van der Waals surface area contributed by atoms with Gasteiger partial charge in [-0.15, -0.1) is 0 Å². The van der Waals surface area contributed by atoms with Crippen LogP contribution in [0.1, 0.15) is 34.8 Å². The number of nitrogens with one attached hydrogen (secondary N) is 1. The molecule has 0 unspecified atom stereocenters. The zero-order chi connectivity index (χ0) is 21.9. The van der Waals surface area contributed by atoms with Crippen molar-refractivity contribution in [1.29, 1.82) is 0 Å². The van der Waals surface area contributed by atoms with E-state index in [1.165, 1.54) is 0 Å². The van der Waals surface area contributed by atoms with E-state index in [-0.39, 0.29) is 12.1 Å². The van der Waals surface area contributed by atoms with E-state index in [1.54, 1.807) is 25.1 Å². The zero-order valence-electron chi connectivity index (χ0n) is 18.8. The smallest absolute Gasteiger partial charge is 0.317 e. The SMILES string of the molecule is [2H]C([2H])(CC1CCC(NC(=O)N(C)C)CC1)N1CCN(c2cccc(Cl)c2Cl)CC1. The van der Waals surface area contributed by atoms with Crippen molar-refractivity contribution in [2.75, 3.05) is 51.7 Å². The van der Waals surface area contributed by atoms with Crippen molar-refractivity contribution in [1.82, 2.24) is 15.1 Å². The number of piperazine rings is 1. The first-order valence-corrected chi connectivity index (χ1v) is 10.8. The summed E-state index contributed by atoms with van der Waals surface area (Å²) in [5.74, 6) is 0.355. The number of carbonyl (C=O) groups excluding carboxylic acids is 1. The molecule has 3 rings (SSSR count). The summed E-state index contributed by atoms with van der Waals surface area (Å²) in [5, 5.41) is 4.16. The topological polar surface area (TPSA) is 38.8 Å². The highest BCUT2D eigenvalue weighted by Crippen LogP contribution is 2.33. The Morgan fingerprint density at radius 2 is 1.86 bits per heavy atom. The molecule has 0 radical (unpaired) electrons. The highest BCUT2D eigenvalue weighted by Gasteiger charge is 2.24. The van der Waals surface area contributed by atoms with Gasteiger partial charge in [-0.1, -0.05) is 29.3 Å². The van der Waals surface area contributed by atoms with Gasteiger partial charge in [0.2, 0.25) is 0 Å². The number of amides is 2. The number of rotatable bonds is 5. The molecule has 7 heteroatoms. The van der Waals surface area contributed by atoms with E-state index in [0.29, 0.717) is 35.5 Å². The average Bonchev–Trinajstić information content (AvgIpc) is 2.71. The molecule has 1 aromatic carbocycles. The van der Waals surface area contributed by atoms with Gasteiger partial charge >= 0.3 is 6.03 Å². The Balaban J connectivity index is 1.48. The minimum absolute atomic E-state index is 0.0496. The molecule has 156 valence electrons. The molecular weight excluding hydrogens is 395 g/mol. The van der Waals surface area contributed by atoms with Gasteiger partial charge in [-0.05, 0) is 56.7 Å². The van der Waals surface area contributed by atoms with Gasteiger partial charge in [-0.25, -0.2) is 4.79 Å². The van der Waals surface area contributed by atoms with Gasteiger partial charge in [0.1, 0.15) is 0 Å². The van der Waals surface area contributed by atoms with Crippen LogP contribution in [-0.4, -0.2) is 68.6 Å². The molecule has 0 aromatic heterocycles. The van der Waals surface area contributed by atoms with Crippen molar-refractivity contribution in [3.63, 3.8) is 0 Å². The van der Waals surface area contributed by atoms with Crippen molar-refractivity contribution in [2.24, 2.45) is 5.92 Å². The second-order valence-corrected chi connectivity index (χ2v) is 8.76. The van der Waals surface area contributed by atoms with Crippen LogP contribution in [0.2, 0.25) is 10.0 Å². The lowest BCUT2D eigenvalue weighted by atomic mass is 9.84. The van der Waals surface area contributed by atoms with Crippen LogP contribution in [-0.2, 0) is 0 Å². The number of carbonyl (C=O) groups is 1. The van der Waals surface area contributed by atoms with Crippen LogP contribution in [0.15, 0.2) is 18.2 Å². The first-order chi connectivity index (χ1) is 14.2. The second-order valence-electron chi connectivity index (χ2n) is 7.97. The Hall–Kier alpha value is -1.17. The average molecular weight is 429 g/mol. The number of nitrogens with zero attached hydrogens (tertiary/aromatic N) is 3. The molecule has 0 atom stereocenters. The Kier molecular flexibility index (Phi) is 6.75. The molecule has 1 saturated heterocycles. The molecule has 1 N–H and O–H groups in total. The number of urea groups is 1. The molecule has 1 heterocycles. The largest absolute Gasteiger partial charge is 0.368 e. The molecule has 5 nitrogen and oxygen atoms in total. The molecule has 1 aliphatic heterocycles. The summed E-state index contributed by atoms with van der Waals surface area (Å²) < 4.78 is 17.3. The van der Waals surface area contributed by atoms with E-state index in [9.17, 15) is 4.79 Å². The predicted octanol–water partition coefficient (Wildman–Crippen LogP) is 4.34. The lowest BCUT2D eigenvalue weighted by molar-refractivity contribution is 0.194. The standard InChI is InChI=1S/C21H32Cl2N4O/c1-25(2)21(28)24-17-8-6-16(7-9-17)10-11-26-12-14-27(15-13-26)19-5-3-4-18(22)20(19)23/h3-5,16-17H,6-15H2,1-2H3,(H,24,28)/i11D2. The maximum atomic E-state index is 11.8. The van der Waals surface area contributed by atoms with Gasteiger partial charge in [0, 0.05) is 49.1 Å². The van der Waals surface area contributed by atoms with Crippen LogP contribution in [0.3, 0.4) is 0 Å². The minimum atomic E-state index is -1.32. The Bertz CT molecular complexity index is 734. The van der Waals surface area contributed by atoms with E-state index < -0.39 is 6.50 Å². The van der Waals surface area contributed by atoms with Crippen molar-refractivity contribution in [2.45, 2.75) is 38.1 Å². The van der Waals surface area contributed by atoms with Gasteiger partial charge in [0.15, 0.2) is 0 Å². The third kappa shape index (κ3) is 5.68. The molecule has 2 aliphatic rings.